The Kier molecular flexibility index (Phi) is 4.32. The van der Waals surface area contributed by atoms with Crippen LogP contribution in [-0.2, 0) is 0 Å². The van der Waals surface area contributed by atoms with Crippen LogP contribution in [0.15, 0.2) is 17.3 Å². The smallest absolute Gasteiger partial charge is 0.166 e. The lowest BCUT2D eigenvalue weighted by atomic mass is 10.1. The van der Waals surface area contributed by atoms with Crippen molar-refractivity contribution in [2.24, 2.45) is 0 Å². The maximum absolute atomic E-state index is 4.69. The Bertz CT molecular complexity index is 546. The van der Waals surface area contributed by atoms with Gasteiger partial charge in [0.05, 0.1) is 11.0 Å². The summed E-state index contributed by atoms with van der Waals surface area (Å²) < 4.78 is 0. The molecule has 0 saturated carbocycles. The van der Waals surface area contributed by atoms with Crippen LogP contribution in [0.3, 0.4) is 0 Å². The number of piperidine rings is 1. The van der Waals surface area contributed by atoms with Crippen LogP contribution < -0.4 is 0 Å². The van der Waals surface area contributed by atoms with Crippen molar-refractivity contribution in [1.82, 2.24) is 14.9 Å². The molecule has 1 saturated heterocycles. The van der Waals surface area contributed by atoms with E-state index < -0.39 is 0 Å². The van der Waals surface area contributed by atoms with Gasteiger partial charge in [0.1, 0.15) is 0 Å². The summed E-state index contributed by atoms with van der Waals surface area (Å²) in [5, 5.41) is 1.06. The van der Waals surface area contributed by atoms with Gasteiger partial charge in [0.15, 0.2) is 5.16 Å². The highest BCUT2D eigenvalue weighted by atomic mass is 32.2. The molecule has 0 amide bonds. The van der Waals surface area contributed by atoms with Gasteiger partial charge in [-0.15, -0.1) is 0 Å². The zero-order valence-corrected chi connectivity index (χ0v) is 13.2. The van der Waals surface area contributed by atoms with E-state index in [0.717, 1.165) is 21.9 Å². The maximum Gasteiger partial charge on any atom is 0.166 e. The maximum atomic E-state index is 4.69. The number of nitrogens with zero attached hydrogens (tertiary/aromatic N) is 2. The molecule has 20 heavy (non-hydrogen) atoms. The van der Waals surface area contributed by atoms with Gasteiger partial charge in [0, 0.05) is 12.3 Å². The monoisotopic (exact) mass is 289 g/mol. The molecule has 1 aliphatic rings. The van der Waals surface area contributed by atoms with Gasteiger partial charge in [-0.05, 0) is 63.0 Å². The third kappa shape index (κ3) is 3.18. The van der Waals surface area contributed by atoms with Crippen molar-refractivity contribution < 1.29 is 0 Å². The summed E-state index contributed by atoms with van der Waals surface area (Å²) in [6.07, 6.45) is 4.15. The van der Waals surface area contributed by atoms with Gasteiger partial charge in [-0.3, -0.25) is 0 Å². The summed E-state index contributed by atoms with van der Waals surface area (Å²) in [5.41, 5.74) is 4.89. The molecule has 0 unspecified atom stereocenters. The zero-order valence-electron chi connectivity index (χ0n) is 12.4. The zero-order chi connectivity index (χ0) is 13.9. The van der Waals surface area contributed by atoms with Crippen LogP contribution >= 0.6 is 11.8 Å². The van der Waals surface area contributed by atoms with E-state index in [1.54, 1.807) is 0 Å². The minimum Gasteiger partial charge on any atom is -0.333 e. The van der Waals surface area contributed by atoms with E-state index >= 15 is 0 Å². The van der Waals surface area contributed by atoms with Crippen molar-refractivity contribution in [2.45, 2.75) is 38.3 Å². The largest absolute Gasteiger partial charge is 0.333 e. The summed E-state index contributed by atoms with van der Waals surface area (Å²) in [4.78, 5) is 10.7. The molecule has 1 aromatic heterocycles. The van der Waals surface area contributed by atoms with Crippen LogP contribution in [0.1, 0.15) is 30.4 Å². The second kappa shape index (κ2) is 6.19. The summed E-state index contributed by atoms with van der Waals surface area (Å²) >= 11 is 1.84. The molecule has 0 spiro atoms. The number of thioether (sulfide) groups is 1. The second-order valence-corrected chi connectivity index (χ2v) is 6.83. The number of aromatic amines is 1. The lowest BCUT2D eigenvalue weighted by Gasteiger charge is -2.25. The Hall–Kier alpha value is -1.00. The number of hydrogen-bond acceptors (Lipinski definition) is 3. The molecular formula is C16H23N3S. The first-order valence-corrected chi connectivity index (χ1v) is 8.53. The van der Waals surface area contributed by atoms with Crippen LogP contribution in [0.5, 0.6) is 0 Å². The number of H-pyrrole nitrogens is 1. The minimum atomic E-state index is 1.06. The molecule has 3 nitrogen and oxygen atoms in total. The molecular weight excluding hydrogens is 266 g/mol. The molecule has 108 valence electrons. The molecule has 4 heteroatoms. The molecule has 0 atom stereocenters. The van der Waals surface area contributed by atoms with E-state index in [2.05, 4.69) is 40.8 Å². The number of hydrogen-bond donors (Lipinski definition) is 1. The Morgan fingerprint density at radius 2 is 1.90 bits per heavy atom. The van der Waals surface area contributed by atoms with Crippen molar-refractivity contribution in [3.8, 4) is 0 Å². The van der Waals surface area contributed by atoms with E-state index in [1.807, 2.05) is 11.8 Å². The standard InChI is InChI=1S/C16H23N3S/c1-12-10-14-15(11-13(12)2)18-16(17-14)20-9-8-19-6-4-3-5-7-19/h10-11H,3-9H2,1-2H3,(H,17,18). The molecule has 1 aliphatic heterocycles. The molecule has 1 N–H and O–H groups in total. The summed E-state index contributed by atoms with van der Waals surface area (Å²) in [6, 6.07) is 4.38. The van der Waals surface area contributed by atoms with E-state index in [-0.39, 0.29) is 0 Å². The fourth-order valence-corrected chi connectivity index (χ4v) is 3.66. The van der Waals surface area contributed by atoms with Crippen molar-refractivity contribution in [2.75, 3.05) is 25.4 Å². The van der Waals surface area contributed by atoms with E-state index in [4.69, 9.17) is 0 Å². The fraction of sp³-hybridized carbons (Fsp3) is 0.562. The molecule has 2 aromatic rings. The highest BCUT2D eigenvalue weighted by molar-refractivity contribution is 7.99. The summed E-state index contributed by atoms with van der Waals surface area (Å²) in [6.45, 7) is 8.03. The van der Waals surface area contributed by atoms with Gasteiger partial charge in [0.25, 0.3) is 0 Å². The number of aromatic nitrogens is 2. The molecule has 1 fully saturated rings. The number of aryl methyl sites for hydroxylation is 2. The lowest BCUT2D eigenvalue weighted by Crippen LogP contribution is -2.31. The highest BCUT2D eigenvalue weighted by Crippen LogP contribution is 2.22. The molecule has 2 heterocycles. The fourth-order valence-electron chi connectivity index (χ4n) is 2.77. The van der Waals surface area contributed by atoms with Crippen molar-refractivity contribution in [1.29, 1.82) is 0 Å². The Balaban J connectivity index is 1.60. The third-order valence-electron chi connectivity index (χ3n) is 4.17. The SMILES string of the molecule is Cc1cc2nc(SCCN3CCCCC3)[nH]c2cc1C. The first-order valence-electron chi connectivity index (χ1n) is 7.54. The number of likely N-dealkylation sites (tertiary alicyclic amines) is 1. The molecule has 0 bridgehead atoms. The minimum absolute atomic E-state index is 1.06. The third-order valence-corrected chi connectivity index (χ3v) is 5.02. The average molecular weight is 289 g/mol. The topological polar surface area (TPSA) is 31.9 Å². The molecule has 1 aromatic carbocycles. The van der Waals surface area contributed by atoms with Gasteiger partial charge < -0.3 is 9.88 Å². The van der Waals surface area contributed by atoms with Crippen LogP contribution in [0.4, 0.5) is 0 Å². The summed E-state index contributed by atoms with van der Waals surface area (Å²) in [5.74, 6) is 1.12. The molecule has 0 radical (unpaired) electrons. The Morgan fingerprint density at radius 1 is 1.15 bits per heavy atom. The first kappa shape index (κ1) is 14.0. The predicted molar refractivity (Wildman–Crippen MR) is 86.6 cm³/mol. The van der Waals surface area contributed by atoms with E-state index in [1.165, 1.54) is 50.0 Å². The second-order valence-electron chi connectivity index (χ2n) is 5.75. The molecule has 0 aliphatic carbocycles. The van der Waals surface area contributed by atoms with Crippen LogP contribution in [0, 0.1) is 13.8 Å². The number of nitrogens with one attached hydrogen (secondary N) is 1. The van der Waals surface area contributed by atoms with E-state index in [0.29, 0.717) is 0 Å². The number of imidazole rings is 1. The Morgan fingerprint density at radius 3 is 2.70 bits per heavy atom. The van der Waals surface area contributed by atoms with Gasteiger partial charge >= 0.3 is 0 Å². The van der Waals surface area contributed by atoms with Gasteiger partial charge in [0.2, 0.25) is 0 Å². The van der Waals surface area contributed by atoms with Crippen LogP contribution in [-0.4, -0.2) is 40.3 Å². The van der Waals surface area contributed by atoms with Gasteiger partial charge in [-0.25, -0.2) is 4.98 Å². The number of rotatable bonds is 4. The first-order chi connectivity index (χ1) is 9.72. The van der Waals surface area contributed by atoms with Crippen molar-refractivity contribution in [3.63, 3.8) is 0 Å². The highest BCUT2D eigenvalue weighted by Gasteiger charge is 2.10. The van der Waals surface area contributed by atoms with Crippen LogP contribution in [0.25, 0.3) is 11.0 Å². The number of benzene rings is 1. The Labute approximate surface area is 125 Å². The van der Waals surface area contributed by atoms with Crippen molar-refractivity contribution in [3.05, 3.63) is 23.3 Å². The van der Waals surface area contributed by atoms with Gasteiger partial charge in [-0.1, -0.05) is 18.2 Å². The molecule has 3 rings (SSSR count). The quantitative estimate of drug-likeness (QED) is 0.870. The average Bonchev–Trinajstić information content (AvgIpc) is 2.82. The van der Waals surface area contributed by atoms with Crippen LogP contribution in [0.2, 0.25) is 0 Å². The normalized spacial score (nSPS) is 16.9. The summed E-state index contributed by atoms with van der Waals surface area (Å²) in [7, 11) is 0. The van der Waals surface area contributed by atoms with Gasteiger partial charge in [-0.2, -0.15) is 0 Å². The lowest BCUT2D eigenvalue weighted by molar-refractivity contribution is 0.242. The van der Waals surface area contributed by atoms with E-state index in [9.17, 15) is 0 Å². The predicted octanol–water partition coefficient (Wildman–Crippen LogP) is 3.76. The number of fused-ring (bicyclic) bond motifs is 1. The van der Waals surface area contributed by atoms with Crippen molar-refractivity contribution >= 4 is 22.8 Å².